The molecule has 0 unspecified atom stereocenters. The average Bonchev–Trinajstić information content (AvgIpc) is 3.03. The number of thiazole rings is 1. The summed E-state index contributed by atoms with van der Waals surface area (Å²) < 4.78 is 0. The van der Waals surface area contributed by atoms with Gasteiger partial charge >= 0.3 is 0 Å². The number of likely N-dealkylation sites (N-methyl/N-ethyl adjacent to an activating group) is 1. The summed E-state index contributed by atoms with van der Waals surface area (Å²) in [5.41, 5.74) is 1.09. The molecule has 1 N–H and O–H groups in total. The first-order chi connectivity index (χ1) is 11.9. The first-order valence-electron chi connectivity index (χ1n) is 7.89. The quantitative estimate of drug-likeness (QED) is 0.763. The Kier molecular flexibility index (Phi) is 7.23. The molecule has 2 amide bonds. The van der Waals surface area contributed by atoms with Crippen molar-refractivity contribution in [3.8, 4) is 0 Å². The van der Waals surface area contributed by atoms with E-state index < -0.39 is 0 Å². The van der Waals surface area contributed by atoms with Crippen LogP contribution in [0.3, 0.4) is 0 Å². The zero-order valence-electron chi connectivity index (χ0n) is 14.0. The predicted molar refractivity (Wildman–Crippen MR) is 103 cm³/mol. The molecule has 0 aliphatic carbocycles. The summed E-state index contributed by atoms with van der Waals surface area (Å²) in [7, 11) is 0. The van der Waals surface area contributed by atoms with Gasteiger partial charge in [0.1, 0.15) is 0 Å². The third kappa shape index (κ3) is 5.42. The first kappa shape index (κ1) is 19.7. The highest BCUT2D eigenvalue weighted by Gasteiger charge is 2.18. The number of hydrogen-bond donors (Lipinski definition) is 1. The number of para-hydroxylation sites is 1. The predicted octanol–water partition coefficient (Wildman–Crippen LogP) is 4.04. The lowest BCUT2D eigenvalue weighted by atomic mass is 10.2. The Morgan fingerprint density at radius 2 is 1.92 bits per heavy atom. The van der Waals surface area contributed by atoms with Crippen LogP contribution in [0.5, 0.6) is 0 Å². The molecule has 0 aliphatic heterocycles. The largest absolute Gasteiger partial charge is 0.333 e. The fourth-order valence-corrected chi connectivity index (χ4v) is 3.44. The minimum absolute atomic E-state index is 0.0678. The maximum Gasteiger partial charge on any atom is 0.244 e. The normalized spacial score (nSPS) is 10.6. The Labute approximate surface area is 161 Å². The molecule has 5 nitrogen and oxygen atoms in total. The maximum atomic E-state index is 12.4. The van der Waals surface area contributed by atoms with Gasteiger partial charge in [-0.2, -0.15) is 0 Å². The summed E-state index contributed by atoms with van der Waals surface area (Å²) in [6.07, 6.45) is 1.03. The highest BCUT2D eigenvalue weighted by molar-refractivity contribution is 7.09. The molecule has 0 bridgehead atoms. The standard InChI is InChI=1S/C17H19Cl2N3O2S/c1-3-15-20-11(10-25-15)8-16(24)22(4-2)9-14(23)21-17-12(18)6-5-7-13(17)19/h5-7,10H,3-4,8-9H2,1-2H3,(H,21,23). The summed E-state index contributed by atoms with van der Waals surface area (Å²) in [4.78, 5) is 30.5. The third-order valence-electron chi connectivity index (χ3n) is 3.53. The molecule has 0 aliphatic rings. The van der Waals surface area contributed by atoms with Gasteiger partial charge in [-0.3, -0.25) is 9.59 Å². The zero-order valence-corrected chi connectivity index (χ0v) is 16.3. The number of aryl methyl sites for hydroxylation is 1. The van der Waals surface area contributed by atoms with E-state index in [-0.39, 0.29) is 24.8 Å². The number of carbonyl (C=O) groups excluding carboxylic acids is 2. The van der Waals surface area contributed by atoms with Gasteiger partial charge < -0.3 is 10.2 Å². The summed E-state index contributed by atoms with van der Waals surface area (Å²) in [6.45, 7) is 4.20. The van der Waals surface area contributed by atoms with Crippen molar-refractivity contribution in [3.05, 3.63) is 44.3 Å². The monoisotopic (exact) mass is 399 g/mol. The molecule has 2 rings (SSSR count). The number of rotatable bonds is 7. The number of carbonyl (C=O) groups is 2. The molecule has 8 heteroatoms. The van der Waals surface area contributed by atoms with Gasteiger partial charge in [0.25, 0.3) is 0 Å². The van der Waals surface area contributed by atoms with Gasteiger partial charge in [-0.05, 0) is 25.5 Å². The topological polar surface area (TPSA) is 62.3 Å². The molecule has 0 fully saturated rings. The summed E-state index contributed by atoms with van der Waals surface area (Å²) >= 11 is 13.6. The van der Waals surface area contributed by atoms with Crippen LogP contribution in [0.1, 0.15) is 24.5 Å². The first-order valence-corrected chi connectivity index (χ1v) is 9.53. The lowest BCUT2D eigenvalue weighted by Crippen LogP contribution is -2.38. The van der Waals surface area contributed by atoms with Gasteiger partial charge in [-0.25, -0.2) is 4.98 Å². The van der Waals surface area contributed by atoms with Crippen LogP contribution in [-0.2, 0) is 22.4 Å². The van der Waals surface area contributed by atoms with Crippen LogP contribution < -0.4 is 5.32 Å². The minimum Gasteiger partial charge on any atom is -0.333 e. The molecule has 1 aromatic carbocycles. The van der Waals surface area contributed by atoms with Crippen molar-refractivity contribution < 1.29 is 9.59 Å². The third-order valence-corrected chi connectivity index (χ3v) is 5.20. The van der Waals surface area contributed by atoms with E-state index >= 15 is 0 Å². The molecule has 25 heavy (non-hydrogen) atoms. The van der Waals surface area contributed by atoms with Crippen molar-refractivity contribution in [2.45, 2.75) is 26.7 Å². The SMILES string of the molecule is CCc1nc(CC(=O)N(CC)CC(=O)Nc2c(Cl)cccc2Cl)cs1. The van der Waals surface area contributed by atoms with Crippen molar-refractivity contribution in [2.75, 3.05) is 18.4 Å². The molecule has 0 spiro atoms. The zero-order chi connectivity index (χ0) is 18.4. The van der Waals surface area contributed by atoms with E-state index in [1.165, 1.54) is 16.2 Å². The van der Waals surface area contributed by atoms with E-state index in [0.717, 1.165) is 17.1 Å². The van der Waals surface area contributed by atoms with Gasteiger partial charge in [-0.1, -0.05) is 36.2 Å². The van der Waals surface area contributed by atoms with Crippen molar-refractivity contribution >= 4 is 52.0 Å². The second-order valence-electron chi connectivity index (χ2n) is 5.32. The number of nitrogens with one attached hydrogen (secondary N) is 1. The Hall–Kier alpha value is -1.63. The van der Waals surface area contributed by atoms with Crippen LogP contribution in [0.2, 0.25) is 10.0 Å². The van der Waals surface area contributed by atoms with Gasteiger partial charge in [0.2, 0.25) is 11.8 Å². The highest BCUT2D eigenvalue weighted by Crippen LogP contribution is 2.29. The number of anilines is 1. The van der Waals surface area contributed by atoms with Crippen LogP contribution in [0.15, 0.2) is 23.6 Å². The van der Waals surface area contributed by atoms with Crippen molar-refractivity contribution in [3.63, 3.8) is 0 Å². The van der Waals surface area contributed by atoms with Gasteiger partial charge in [0.05, 0.1) is 39.4 Å². The molecule has 134 valence electrons. The second-order valence-corrected chi connectivity index (χ2v) is 7.07. The van der Waals surface area contributed by atoms with Crippen LogP contribution in [-0.4, -0.2) is 34.8 Å². The minimum atomic E-state index is -0.349. The molecular formula is C17H19Cl2N3O2S. The van der Waals surface area contributed by atoms with Gasteiger partial charge in [0.15, 0.2) is 0 Å². The smallest absolute Gasteiger partial charge is 0.244 e. The summed E-state index contributed by atoms with van der Waals surface area (Å²) in [5, 5.41) is 6.25. The van der Waals surface area contributed by atoms with E-state index in [9.17, 15) is 9.59 Å². The van der Waals surface area contributed by atoms with Crippen LogP contribution >= 0.6 is 34.5 Å². The van der Waals surface area contributed by atoms with Crippen molar-refractivity contribution in [2.24, 2.45) is 0 Å². The Morgan fingerprint density at radius 1 is 1.24 bits per heavy atom. The molecule has 1 heterocycles. The lowest BCUT2D eigenvalue weighted by molar-refractivity contribution is -0.133. The Morgan fingerprint density at radius 3 is 2.48 bits per heavy atom. The van der Waals surface area contributed by atoms with E-state index in [1.807, 2.05) is 19.2 Å². The number of aromatic nitrogens is 1. The molecule has 0 saturated heterocycles. The van der Waals surface area contributed by atoms with Crippen LogP contribution in [0.25, 0.3) is 0 Å². The van der Waals surface area contributed by atoms with E-state index in [0.29, 0.717) is 22.3 Å². The average molecular weight is 400 g/mol. The number of nitrogens with zero attached hydrogens (tertiary/aromatic N) is 2. The molecule has 0 atom stereocenters. The van der Waals surface area contributed by atoms with Crippen molar-refractivity contribution in [1.29, 1.82) is 0 Å². The maximum absolute atomic E-state index is 12.4. The fraction of sp³-hybridized carbons (Fsp3) is 0.353. The summed E-state index contributed by atoms with van der Waals surface area (Å²) in [5.74, 6) is -0.492. The molecular weight excluding hydrogens is 381 g/mol. The van der Waals surface area contributed by atoms with Crippen LogP contribution in [0.4, 0.5) is 5.69 Å². The summed E-state index contributed by atoms with van der Waals surface area (Å²) in [6, 6.07) is 4.97. The Balaban J connectivity index is 1.98. The number of amides is 2. The number of halogens is 2. The molecule has 0 radical (unpaired) electrons. The second kappa shape index (κ2) is 9.17. The van der Waals surface area contributed by atoms with E-state index in [2.05, 4.69) is 10.3 Å². The van der Waals surface area contributed by atoms with Gasteiger partial charge in [-0.15, -0.1) is 11.3 Å². The fourth-order valence-electron chi connectivity index (χ4n) is 2.21. The molecule has 1 aromatic heterocycles. The number of benzene rings is 1. The van der Waals surface area contributed by atoms with E-state index in [4.69, 9.17) is 23.2 Å². The van der Waals surface area contributed by atoms with E-state index in [1.54, 1.807) is 18.2 Å². The molecule has 0 saturated carbocycles. The number of hydrogen-bond acceptors (Lipinski definition) is 4. The van der Waals surface area contributed by atoms with Crippen LogP contribution in [0, 0.1) is 0 Å². The lowest BCUT2D eigenvalue weighted by Gasteiger charge is -2.20. The van der Waals surface area contributed by atoms with Crippen molar-refractivity contribution in [1.82, 2.24) is 9.88 Å². The highest BCUT2D eigenvalue weighted by atomic mass is 35.5. The Bertz CT molecular complexity index is 744. The van der Waals surface area contributed by atoms with Gasteiger partial charge in [0, 0.05) is 11.9 Å². The molecule has 2 aromatic rings.